The van der Waals surface area contributed by atoms with E-state index < -0.39 is 0 Å². The van der Waals surface area contributed by atoms with Gasteiger partial charge < -0.3 is 10.5 Å². The molecule has 3 heteroatoms. The van der Waals surface area contributed by atoms with Gasteiger partial charge in [0.2, 0.25) is 0 Å². The van der Waals surface area contributed by atoms with Gasteiger partial charge in [-0.05, 0) is 19.8 Å². The van der Waals surface area contributed by atoms with E-state index in [1.165, 1.54) is 12.8 Å². The minimum absolute atomic E-state index is 0.343. The van der Waals surface area contributed by atoms with Crippen LogP contribution >= 0.6 is 0 Å². The number of nitrogens with two attached hydrogens (primary N) is 1. The van der Waals surface area contributed by atoms with E-state index in [1.807, 2.05) is 0 Å². The molecular weight excluding hydrogens is 188 g/mol. The van der Waals surface area contributed by atoms with E-state index in [2.05, 4.69) is 18.7 Å². The molecule has 2 unspecified atom stereocenters. The van der Waals surface area contributed by atoms with Crippen LogP contribution in [0.1, 0.15) is 39.5 Å². The molecular formula is C12H26N2O. The van der Waals surface area contributed by atoms with Crippen LogP contribution in [0.25, 0.3) is 0 Å². The van der Waals surface area contributed by atoms with Crippen molar-refractivity contribution in [2.75, 3.05) is 26.2 Å². The molecule has 1 heterocycles. The van der Waals surface area contributed by atoms with Crippen molar-refractivity contribution >= 4 is 0 Å². The van der Waals surface area contributed by atoms with Gasteiger partial charge in [-0.1, -0.05) is 19.8 Å². The molecule has 0 bridgehead atoms. The second-order valence-corrected chi connectivity index (χ2v) is 4.70. The average Bonchev–Trinajstić information content (AvgIpc) is 2.39. The smallest absolute Gasteiger partial charge is 0.0673 e. The van der Waals surface area contributed by atoms with Crippen LogP contribution in [-0.2, 0) is 4.74 Å². The Labute approximate surface area is 94.0 Å². The Kier molecular flexibility index (Phi) is 6.22. The van der Waals surface area contributed by atoms with E-state index in [9.17, 15) is 0 Å². The number of nitrogens with zero attached hydrogens (tertiary/aromatic N) is 1. The van der Waals surface area contributed by atoms with Crippen LogP contribution in [0.15, 0.2) is 0 Å². The van der Waals surface area contributed by atoms with Crippen molar-refractivity contribution in [3.8, 4) is 0 Å². The predicted molar refractivity (Wildman–Crippen MR) is 64.0 cm³/mol. The van der Waals surface area contributed by atoms with Crippen LogP contribution in [0, 0.1) is 0 Å². The maximum absolute atomic E-state index is 6.10. The Morgan fingerprint density at radius 3 is 3.07 bits per heavy atom. The van der Waals surface area contributed by atoms with Gasteiger partial charge in [0, 0.05) is 32.3 Å². The SMILES string of the molecule is CCCCC(N)CN1CCCOC(C)C1. The van der Waals surface area contributed by atoms with Crippen LogP contribution in [0.4, 0.5) is 0 Å². The Morgan fingerprint density at radius 2 is 2.33 bits per heavy atom. The molecule has 0 aromatic rings. The molecule has 0 aromatic heterocycles. The van der Waals surface area contributed by atoms with Crippen molar-refractivity contribution in [1.82, 2.24) is 4.90 Å². The zero-order chi connectivity index (χ0) is 11.1. The summed E-state index contributed by atoms with van der Waals surface area (Å²) in [4.78, 5) is 2.46. The van der Waals surface area contributed by atoms with Crippen molar-refractivity contribution in [3.05, 3.63) is 0 Å². The molecule has 2 N–H and O–H groups in total. The lowest BCUT2D eigenvalue weighted by atomic mass is 10.1. The molecule has 0 aliphatic carbocycles. The largest absolute Gasteiger partial charge is 0.377 e. The number of unbranched alkanes of at least 4 members (excludes halogenated alkanes) is 1. The second-order valence-electron chi connectivity index (χ2n) is 4.70. The molecule has 2 atom stereocenters. The van der Waals surface area contributed by atoms with Crippen LogP contribution in [0.5, 0.6) is 0 Å². The highest BCUT2D eigenvalue weighted by atomic mass is 16.5. The van der Waals surface area contributed by atoms with Crippen molar-refractivity contribution in [2.45, 2.75) is 51.7 Å². The molecule has 1 fully saturated rings. The number of ether oxygens (including phenoxy) is 1. The van der Waals surface area contributed by atoms with E-state index in [1.54, 1.807) is 0 Å². The molecule has 1 aliphatic heterocycles. The molecule has 1 aliphatic rings. The summed E-state index contributed by atoms with van der Waals surface area (Å²) in [6.45, 7) is 8.49. The first-order valence-corrected chi connectivity index (χ1v) is 6.32. The Balaban J connectivity index is 2.22. The van der Waals surface area contributed by atoms with Gasteiger partial charge in [0.05, 0.1) is 6.10 Å². The Bertz CT molecular complexity index is 164. The Morgan fingerprint density at radius 1 is 1.53 bits per heavy atom. The molecule has 0 amide bonds. The van der Waals surface area contributed by atoms with Gasteiger partial charge in [-0.3, -0.25) is 4.90 Å². The van der Waals surface area contributed by atoms with Crippen LogP contribution in [-0.4, -0.2) is 43.3 Å². The summed E-state index contributed by atoms with van der Waals surface area (Å²) in [6.07, 6.45) is 5.16. The third-order valence-electron chi connectivity index (χ3n) is 2.96. The fourth-order valence-electron chi connectivity index (χ4n) is 2.14. The number of rotatable bonds is 5. The topological polar surface area (TPSA) is 38.5 Å². The lowest BCUT2D eigenvalue weighted by Crippen LogP contribution is -2.40. The first-order valence-electron chi connectivity index (χ1n) is 6.32. The first-order chi connectivity index (χ1) is 7.22. The summed E-state index contributed by atoms with van der Waals surface area (Å²) < 4.78 is 5.61. The summed E-state index contributed by atoms with van der Waals surface area (Å²) in [7, 11) is 0. The maximum Gasteiger partial charge on any atom is 0.0673 e. The lowest BCUT2D eigenvalue weighted by molar-refractivity contribution is 0.0669. The van der Waals surface area contributed by atoms with Gasteiger partial charge in [-0.15, -0.1) is 0 Å². The van der Waals surface area contributed by atoms with Crippen molar-refractivity contribution in [1.29, 1.82) is 0 Å². The zero-order valence-corrected chi connectivity index (χ0v) is 10.2. The van der Waals surface area contributed by atoms with Gasteiger partial charge in [0.25, 0.3) is 0 Å². The van der Waals surface area contributed by atoms with Gasteiger partial charge in [0.1, 0.15) is 0 Å². The Hall–Kier alpha value is -0.120. The standard InChI is InChI=1S/C12H26N2O/c1-3-4-6-12(13)10-14-7-5-8-15-11(2)9-14/h11-12H,3-10,13H2,1-2H3. The van der Waals surface area contributed by atoms with E-state index in [4.69, 9.17) is 10.5 Å². The van der Waals surface area contributed by atoms with Crippen molar-refractivity contribution in [3.63, 3.8) is 0 Å². The molecule has 3 nitrogen and oxygen atoms in total. The fraction of sp³-hybridized carbons (Fsp3) is 1.00. The summed E-state index contributed by atoms with van der Waals surface area (Å²) in [5.74, 6) is 0. The summed E-state index contributed by atoms with van der Waals surface area (Å²) >= 11 is 0. The first kappa shape index (κ1) is 12.9. The minimum atomic E-state index is 0.343. The van der Waals surface area contributed by atoms with Gasteiger partial charge in [-0.25, -0.2) is 0 Å². The van der Waals surface area contributed by atoms with Crippen LogP contribution in [0.2, 0.25) is 0 Å². The molecule has 0 saturated carbocycles. The molecule has 0 aromatic carbocycles. The highest BCUT2D eigenvalue weighted by Gasteiger charge is 2.16. The third-order valence-corrected chi connectivity index (χ3v) is 2.96. The van der Waals surface area contributed by atoms with E-state index >= 15 is 0 Å². The summed E-state index contributed by atoms with van der Waals surface area (Å²) in [5, 5.41) is 0. The maximum atomic E-state index is 6.10. The van der Waals surface area contributed by atoms with Crippen LogP contribution < -0.4 is 5.73 Å². The minimum Gasteiger partial charge on any atom is -0.377 e. The van der Waals surface area contributed by atoms with E-state index in [0.717, 1.165) is 39.1 Å². The monoisotopic (exact) mass is 214 g/mol. The van der Waals surface area contributed by atoms with Crippen molar-refractivity contribution < 1.29 is 4.74 Å². The van der Waals surface area contributed by atoms with Gasteiger partial charge >= 0.3 is 0 Å². The molecule has 0 radical (unpaired) electrons. The van der Waals surface area contributed by atoms with Gasteiger partial charge in [-0.2, -0.15) is 0 Å². The second kappa shape index (κ2) is 7.20. The lowest BCUT2D eigenvalue weighted by Gasteiger charge is -2.25. The van der Waals surface area contributed by atoms with Crippen molar-refractivity contribution in [2.24, 2.45) is 5.73 Å². The highest BCUT2D eigenvalue weighted by molar-refractivity contribution is 4.72. The fourth-order valence-corrected chi connectivity index (χ4v) is 2.14. The zero-order valence-electron chi connectivity index (χ0n) is 10.2. The van der Waals surface area contributed by atoms with Crippen LogP contribution in [0.3, 0.4) is 0 Å². The molecule has 1 saturated heterocycles. The molecule has 0 spiro atoms. The summed E-state index contributed by atoms with van der Waals surface area (Å²) in [6, 6.07) is 0.343. The van der Waals surface area contributed by atoms with E-state index in [0.29, 0.717) is 12.1 Å². The average molecular weight is 214 g/mol. The molecule has 1 rings (SSSR count). The van der Waals surface area contributed by atoms with E-state index in [-0.39, 0.29) is 0 Å². The predicted octanol–water partition coefficient (Wildman–Crippen LogP) is 1.61. The number of hydrogen-bond donors (Lipinski definition) is 1. The molecule has 90 valence electrons. The molecule has 15 heavy (non-hydrogen) atoms. The third kappa shape index (κ3) is 5.50. The number of hydrogen-bond acceptors (Lipinski definition) is 3. The van der Waals surface area contributed by atoms with Gasteiger partial charge in [0.15, 0.2) is 0 Å². The quantitative estimate of drug-likeness (QED) is 0.755. The summed E-state index contributed by atoms with van der Waals surface area (Å²) in [5.41, 5.74) is 6.10. The highest BCUT2D eigenvalue weighted by Crippen LogP contribution is 2.07. The normalized spacial score (nSPS) is 26.2.